The minimum Gasteiger partial charge on any atom is -0.466 e. The second-order valence-electron chi connectivity index (χ2n) is 3.14. The number of rotatable bonds is 6. The van der Waals surface area contributed by atoms with Gasteiger partial charge >= 0.3 is 5.97 Å². The molecule has 0 saturated heterocycles. The monoisotopic (exact) mass is 225 g/mol. The van der Waals surface area contributed by atoms with E-state index in [1.165, 1.54) is 6.26 Å². The fourth-order valence-electron chi connectivity index (χ4n) is 1.16. The predicted molar refractivity (Wildman–Crippen MR) is 56.9 cm³/mol. The minimum atomic E-state index is -0.270. The maximum Gasteiger partial charge on any atom is 0.305 e. The first kappa shape index (κ1) is 12.3. The van der Waals surface area contributed by atoms with E-state index in [2.05, 4.69) is 5.32 Å². The lowest BCUT2D eigenvalue weighted by Crippen LogP contribution is -2.24. The third-order valence-electron chi connectivity index (χ3n) is 1.89. The van der Waals surface area contributed by atoms with Crippen LogP contribution in [0.15, 0.2) is 22.8 Å². The number of carbonyl (C=O) groups is 2. The van der Waals surface area contributed by atoms with Gasteiger partial charge in [-0.15, -0.1) is 0 Å². The average molecular weight is 225 g/mol. The van der Waals surface area contributed by atoms with Gasteiger partial charge < -0.3 is 14.5 Å². The molecular weight excluding hydrogens is 210 g/mol. The van der Waals surface area contributed by atoms with Gasteiger partial charge in [0.15, 0.2) is 5.76 Å². The van der Waals surface area contributed by atoms with E-state index in [0.29, 0.717) is 26.0 Å². The zero-order valence-corrected chi connectivity index (χ0v) is 9.19. The van der Waals surface area contributed by atoms with E-state index in [1.807, 2.05) is 0 Å². The van der Waals surface area contributed by atoms with Crippen LogP contribution in [0.2, 0.25) is 0 Å². The normalized spacial score (nSPS) is 9.81. The zero-order chi connectivity index (χ0) is 11.8. The molecule has 5 nitrogen and oxygen atoms in total. The highest BCUT2D eigenvalue weighted by Gasteiger charge is 2.07. The summed E-state index contributed by atoms with van der Waals surface area (Å²) in [5.74, 6) is -0.236. The smallest absolute Gasteiger partial charge is 0.305 e. The number of furan rings is 1. The van der Waals surface area contributed by atoms with Crippen LogP contribution in [0.4, 0.5) is 0 Å². The molecule has 0 fully saturated rings. The molecule has 0 aliphatic heterocycles. The first-order valence-electron chi connectivity index (χ1n) is 5.21. The van der Waals surface area contributed by atoms with Gasteiger partial charge in [-0.05, 0) is 25.5 Å². The summed E-state index contributed by atoms with van der Waals surface area (Å²) in [5, 5.41) is 2.64. The molecule has 0 aromatic carbocycles. The molecule has 1 aromatic rings. The molecule has 5 heteroatoms. The molecule has 0 bridgehead atoms. The van der Waals surface area contributed by atoms with E-state index in [4.69, 9.17) is 9.15 Å². The Morgan fingerprint density at radius 3 is 2.94 bits per heavy atom. The number of amides is 1. The summed E-state index contributed by atoms with van der Waals surface area (Å²) >= 11 is 0. The molecule has 0 unspecified atom stereocenters. The fourth-order valence-corrected chi connectivity index (χ4v) is 1.16. The Labute approximate surface area is 93.8 Å². The third kappa shape index (κ3) is 4.16. The van der Waals surface area contributed by atoms with Gasteiger partial charge in [-0.2, -0.15) is 0 Å². The fraction of sp³-hybridized carbons (Fsp3) is 0.455. The average Bonchev–Trinajstić information content (AvgIpc) is 2.78. The maximum atomic E-state index is 11.4. The molecule has 0 aliphatic rings. The van der Waals surface area contributed by atoms with Gasteiger partial charge in [-0.3, -0.25) is 9.59 Å². The van der Waals surface area contributed by atoms with Gasteiger partial charge in [-0.1, -0.05) is 0 Å². The van der Waals surface area contributed by atoms with Crippen molar-refractivity contribution >= 4 is 11.9 Å². The van der Waals surface area contributed by atoms with Gasteiger partial charge in [0.25, 0.3) is 5.91 Å². The van der Waals surface area contributed by atoms with Crippen LogP contribution in [-0.4, -0.2) is 25.0 Å². The molecule has 88 valence electrons. The molecule has 16 heavy (non-hydrogen) atoms. The van der Waals surface area contributed by atoms with Crippen LogP contribution in [-0.2, 0) is 9.53 Å². The van der Waals surface area contributed by atoms with Crippen LogP contribution < -0.4 is 5.32 Å². The lowest BCUT2D eigenvalue weighted by Gasteiger charge is -2.03. The number of esters is 1. The highest BCUT2D eigenvalue weighted by Crippen LogP contribution is 1.99. The highest BCUT2D eigenvalue weighted by molar-refractivity contribution is 5.91. The number of nitrogens with one attached hydrogen (secondary N) is 1. The molecule has 0 atom stereocenters. The van der Waals surface area contributed by atoms with E-state index in [1.54, 1.807) is 19.1 Å². The maximum absolute atomic E-state index is 11.4. The number of hydrogen-bond donors (Lipinski definition) is 1. The Balaban J connectivity index is 2.12. The van der Waals surface area contributed by atoms with E-state index >= 15 is 0 Å². The molecule has 0 saturated carbocycles. The van der Waals surface area contributed by atoms with Crippen molar-refractivity contribution in [1.82, 2.24) is 5.32 Å². The van der Waals surface area contributed by atoms with Crippen LogP contribution in [0.3, 0.4) is 0 Å². The molecule has 1 aromatic heterocycles. The summed E-state index contributed by atoms with van der Waals surface area (Å²) in [6.45, 7) is 2.58. The summed E-state index contributed by atoms with van der Waals surface area (Å²) < 4.78 is 9.66. The molecule has 0 aliphatic carbocycles. The second-order valence-corrected chi connectivity index (χ2v) is 3.14. The minimum absolute atomic E-state index is 0.241. The summed E-state index contributed by atoms with van der Waals surface area (Å²) in [6.07, 6.45) is 2.31. The van der Waals surface area contributed by atoms with E-state index in [0.717, 1.165) is 0 Å². The zero-order valence-electron chi connectivity index (χ0n) is 9.19. The van der Waals surface area contributed by atoms with Crippen molar-refractivity contribution in [3.8, 4) is 0 Å². The first-order valence-corrected chi connectivity index (χ1v) is 5.21. The first-order chi connectivity index (χ1) is 7.74. The molecule has 1 rings (SSSR count). The van der Waals surface area contributed by atoms with Crippen molar-refractivity contribution in [3.05, 3.63) is 24.2 Å². The molecule has 0 spiro atoms. The van der Waals surface area contributed by atoms with Gasteiger partial charge in [0, 0.05) is 13.0 Å². The number of ether oxygens (including phenoxy) is 1. The van der Waals surface area contributed by atoms with Gasteiger partial charge in [0.2, 0.25) is 0 Å². The SMILES string of the molecule is CCOC(=O)CCCNC(=O)c1ccco1. The van der Waals surface area contributed by atoms with Crippen LogP contribution in [0.25, 0.3) is 0 Å². The van der Waals surface area contributed by atoms with Gasteiger partial charge in [0.1, 0.15) is 0 Å². The Kier molecular flexibility index (Phi) is 5.11. The molecule has 1 heterocycles. The lowest BCUT2D eigenvalue weighted by atomic mass is 10.3. The third-order valence-corrected chi connectivity index (χ3v) is 1.89. The Morgan fingerprint density at radius 1 is 1.50 bits per heavy atom. The molecule has 1 amide bonds. The van der Waals surface area contributed by atoms with Crippen molar-refractivity contribution in [2.45, 2.75) is 19.8 Å². The topological polar surface area (TPSA) is 68.5 Å². The van der Waals surface area contributed by atoms with E-state index < -0.39 is 0 Å². The summed E-state index contributed by atoms with van der Waals surface area (Å²) in [7, 11) is 0. The van der Waals surface area contributed by atoms with Crippen molar-refractivity contribution < 1.29 is 18.7 Å². The largest absolute Gasteiger partial charge is 0.466 e. The highest BCUT2D eigenvalue weighted by atomic mass is 16.5. The van der Waals surface area contributed by atoms with E-state index in [9.17, 15) is 9.59 Å². The Hall–Kier alpha value is -1.78. The summed E-state index contributed by atoms with van der Waals surface area (Å²) in [5.41, 5.74) is 0. The second kappa shape index (κ2) is 6.66. The van der Waals surface area contributed by atoms with Crippen molar-refractivity contribution in [1.29, 1.82) is 0 Å². The van der Waals surface area contributed by atoms with Gasteiger partial charge in [0.05, 0.1) is 12.9 Å². The summed E-state index contributed by atoms with van der Waals surface area (Å²) in [6, 6.07) is 3.23. The summed E-state index contributed by atoms with van der Waals surface area (Å²) in [4.78, 5) is 22.3. The van der Waals surface area contributed by atoms with Crippen LogP contribution in [0.5, 0.6) is 0 Å². The predicted octanol–water partition coefficient (Wildman–Crippen LogP) is 1.35. The molecule has 1 N–H and O–H groups in total. The number of hydrogen-bond acceptors (Lipinski definition) is 4. The van der Waals surface area contributed by atoms with Crippen molar-refractivity contribution in [3.63, 3.8) is 0 Å². The molecular formula is C11H15NO4. The van der Waals surface area contributed by atoms with Crippen molar-refractivity contribution in [2.24, 2.45) is 0 Å². The number of carbonyl (C=O) groups excluding carboxylic acids is 2. The van der Waals surface area contributed by atoms with Crippen LogP contribution >= 0.6 is 0 Å². The Bertz CT molecular complexity index is 332. The standard InChI is InChI=1S/C11H15NO4/c1-2-15-10(13)6-3-7-12-11(14)9-5-4-8-16-9/h4-5,8H,2-3,6-7H2,1H3,(H,12,14). The quantitative estimate of drug-likeness (QED) is 0.586. The lowest BCUT2D eigenvalue weighted by molar-refractivity contribution is -0.143. The van der Waals surface area contributed by atoms with Crippen LogP contribution in [0, 0.1) is 0 Å². The van der Waals surface area contributed by atoms with E-state index in [-0.39, 0.29) is 17.6 Å². The van der Waals surface area contributed by atoms with Gasteiger partial charge in [-0.25, -0.2) is 0 Å². The Morgan fingerprint density at radius 2 is 2.31 bits per heavy atom. The van der Waals surface area contributed by atoms with Crippen LogP contribution in [0.1, 0.15) is 30.3 Å². The van der Waals surface area contributed by atoms with Crippen molar-refractivity contribution in [2.75, 3.05) is 13.2 Å². The molecule has 0 radical (unpaired) electrons.